The lowest BCUT2D eigenvalue weighted by atomic mass is 10.0. The smallest absolute Gasteiger partial charge is 0.239 e. The summed E-state index contributed by atoms with van der Waals surface area (Å²) < 4.78 is 25.3. The second kappa shape index (κ2) is 8.12. The number of piperidine rings is 1. The molecule has 4 heterocycles. The summed E-state index contributed by atoms with van der Waals surface area (Å²) in [5.74, 6) is 0.845. The van der Waals surface area contributed by atoms with E-state index in [1.807, 2.05) is 13.0 Å². The molecule has 0 aromatic carbocycles. The van der Waals surface area contributed by atoms with Crippen molar-refractivity contribution in [2.24, 2.45) is 0 Å². The summed E-state index contributed by atoms with van der Waals surface area (Å²) in [6.07, 6.45) is 5.48. The number of likely N-dealkylation sites (tertiary alicyclic amines) is 2. The van der Waals surface area contributed by atoms with Crippen LogP contribution in [-0.2, 0) is 14.6 Å². The average Bonchev–Trinajstić information content (AvgIpc) is 3.35. The molecule has 0 bridgehead atoms. The lowest BCUT2D eigenvalue weighted by Crippen LogP contribution is -2.48. The Hall–Kier alpha value is -1.45. The van der Waals surface area contributed by atoms with Gasteiger partial charge in [0.25, 0.3) is 0 Å². The fourth-order valence-electron chi connectivity index (χ4n) is 4.82. The monoisotopic (exact) mass is 409 g/mol. The Labute approximate surface area is 167 Å². The number of carbonyl (C=O) groups is 1. The summed E-state index contributed by atoms with van der Waals surface area (Å²) in [4.78, 5) is 17.5. The Balaban J connectivity index is 1.36. The van der Waals surface area contributed by atoms with Crippen LogP contribution in [0.1, 0.15) is 43.8 Å². The minimum absolute atomic E-state index is 0.0518. The van der Waals surface area contributed by atoms with Gasteiger partial charge in [-0.2, -0.15) is 5.10 Å². The molecule has 2 atom stereocenters. The van der Waals surface area contributed by atoms with Gasteiger partial charge in [-0.15, -0.1) is 0 Å². The van der Waals surface area contributed by atoms with Crippen molar-refractivity contribution < 1.29 is 13.2 Å². The number of hydrogen-bond donors (Lipinski definition) is 1. The van der Waals surface area contributed by atoms with Crippen LogP contribution in [-0.4, -0.2) is 84.2 Å². The first kappa shape index (κ1) is 19.8. The molecule has 156 valence electrons. The van der Waals surface area contributed by atoms with Crippen LogP contribution in [0.2, 0.25) is 0 Å². The summed E-state index contributed by atoms with van der Waals surface area (Å²) >= 11 is 0. The Morgan fingerprint density at radius 3 is 2.68 bits per heavy atom. The van der Waals surface area contributed by atoms with E-state index >= 15 is 0 Å². The fourth-order valence-corrected chi connectivity index (χ4v) is 6.51. The second-order valence-electron chi connectivity index (χ2n) is 8.49. The van der Waals surface area contributed by atoms with Crippen LogP contribution in [0.25, 0.3) is 0 Å². The number of nitrogens with one attached hydrogen (secondary N) is 1. The van der Waals surface area contributed by atoms with Crippen molar-refractivity contribution in [2.75, 3.05) is 49.5 Å². The van der Waals surface area contributed by atoms with Crippen molar-refractivity contribution in [2.45, 2.75) is 51.1 Å². The fraction of sp³-hybridized carbons (Fsp3) is 0.789. The number of aryl methyl sites for hydroxylation is 1. The molecular formula is C19H31N5O3S. The molecule has 1 aromatic heterocycles. The van der Waals surface area contributed by atoms with E-state index in [4.69, 9.17) is 0 Å². The highest BCUT2D eigenvalue weighted by Gasteiger charge is 2.32. The van der Waals surface area contributed by atoms with Crippen molar-refractivity contribution in [3.8, 4) is 0 Å². The maximum Gasteiger partial charge on any atom is 0.239 e. The van der Waals surface area contributed by atoms with E-state index in [2.05, 4.69) is 20.2 Å². The molecule has 1 aromatic rings. The van der Waals surface area contributed by atoms with Gasteiger partial charge in [-0.05, 0) is 58.7 Å². The molecule has 28 heavy (non-hydrogen) atoms. The largest absolute Gasteiger partial charge is 0.310 e. The van der Waals surface area contributed by atoms with Crippen molar-refractivity contribution in [1.29, 1.82) is 0 Å². The minimum atomic E-state index is -3.00. The molecule has 3 saturated heterocycles. The van der Waals surface area contributed by atoms with E-state index in [0.29, 0.717) is 24.8 Å². The van der Waals surface area contributed by atoms with Gasteiger partial charge >= 0.3 is 0 Å². The predicted molar refractivity (Wildman–Crippen MR) is 108 cm³/mol. The molecule has 3 aliphatic rings. The highest BCUT2D eigenvalue weighted by Crippen LogP contribution is 2.27. The molecule has 1 amide bonds. The van der Waals surface area contributed by atoms with Crippen molar-refractivity contribution in [3.05, 3.63) is 11.8 Å². The SMILES string of the molecule is Cc1cc(NC(=O)CN2CCCC(N3CCCC3)C2)n(C2CCS(=O)(=O)C2)n1. The van der Waals surface area contributed by atoms with E-state index in [1.54, 1.807) is 4.68 Å². The van der Waals surface area contributed by atoms with Gasteiger partial charge in [0.1, 0.15) is 5.82 Å². The van der Waals surface area contributed by atoms with Crippen LogP contribution < -0.4 is 5.32 Å². The number of carbonyl (C=O) groups excluding carboxylic acids is 1. The number of sulfone groups is 1. The van der Waals surface area contributed by atoms with Crippen molar-refractivity contribution in [3.63, 3.8) is 0 Å². The van der Waals surface area contributed by atoms with E-state index in [0.717, 1.165) is 25.2 Å². The Kier molecular flexibility index (Phi) is 5.76. The molecule has 1 N–H and O–H groups in total. The molecule has 3 fully saturated rings. The molecule has 0 spiro atoms. The maximum atomic E-state index is 12.7. The van der Waals surface area contributed by atoms with E-state index < -0.39 is 9.84 Å². The van der Waals surface area contributed by atoms with Crippen molar-refractivity contribution >= 4 is 21.6 Å². The van der Waals surface area contributed by atoms with Crippen LogP contribution in [0.4, 0.5) is 5.82 Å². The normalized spacial score (nSPS) is 28.6. The minimum Gasteiger partial charge on any atom is -0.310 e. The first-order valence-corrected chi connectivity index (χ1v) is 12.2. The molecular weight excluding hydrogens is 378 g/mol. The molecule has 0 aliphatic carbocycles. The molecule has 0 radical (unpaired) electrons. The highest BCUT2D eigenvalue weighted by atomic mass is 32.2. The van der Waals surface area contributed by atoms with Gasteiger partial charge < -0.3 is 5.32 Å². The number of anilines is 1. The number of amides is 1. The van der Waals surface area contributed by atoms with Gasteiger partial charge in [-0.1, -0.05) is 0 Å². The van der Waals surface area contributed by atoms with E-state index in [1.165, 1.54) is 32.4 Å². The third-order valence-corrected chi connectivity index (χ3v) is 7.93. The summed E-state index contributed by atoms with van der Waals surface area (Å²) in [6.45, 7) is 6.52. The zero-order chi connectivity index (χ0) is 19.7. The highest BCUT2D eigenvalue weighted by molar-refractivity contribution is 7.91. The zero-order valence-electron chi connectivity index (χ0n) is 16.6. The Bertz CT molecular complexity index is 816. The lowest BCUT2D eigenvalue weighted by Gasteiger charge is -2.37. The van der Waals surface area contributed by atoms with Crippen LogP contribution in [0.15, 0.2) is 6.07 Å². The lowest BCUT2D eigenvalue weighted by molar-refractivity contribution is -0.117. The third kappa shape index (κ3) is 4.58. The quantitative estimate of drug-likeness (QED) is 0.782. The maximum absolute atomic E-state index is 12.7. The molecule has 9 heteroatoms. The molecule has 4 rings (SSSR count). The van der Waals surface area contributed by atoms with Crippen LogP contribution in [0.3, 0.4) is 0 Å². The molecule has 0 saturated carbocycles. The Morgan fingerprint density at radius 1 is 1.18 bits per heavy atom. The summed E-state index contributed by atoms with van der Waals surface area (Å²) in [5.41, 5.74) is 0.784. The molecule has 8 nitrogen and oxygen atoms in total. The Morgan fingerprint density at radius 2 is 1.96 bits per heavy atom. The van der Waals surface area contributed by atoms with Gasteiger partial charge in [0, 0.05) is 18.7 Å². The van der Waals surface area contributed by atoms with Gasteiger partial charge in [-0.25, -0.2) is 13.1 Å². The van der Waals surface area contributed by atoms with Crippen molar-refractivity contribution in [1.82, 2.24) is 19.6 Å². The first-order valence-electron chi connectivity index (χ1n) is 10.4. The zero-order valence-corrected chi connectivity index (χ0v) is 17.5. The van der Waals surface area contributed by atoms with Crippen LogP contribution in [0.5, 0.6) is 0 Å². The van der Waals surface area contributed by atoms with Gasteiger partial charge in [0.15, 0.2) is 9.84 Å². The summed E-state index contributed by atoms with van der Waals surface area (Å²) in [6, 6.07) is 2.20. The number of rotatable bonds is 5. The molecule has 3 aliphatic heterocycles. The number of hydrogen-bond acceptors (Lipinski definition) is 6. The first-order chi connectivity index (χ1) is 13.4. The average molecular weight is 410 g/mol. The number of aromatic nitrogens is 2. The number of nitrogens with zero attached hydrogens (tertiary/aromatic N) is 4. The third-order valence-electron chi connectivity index (χ3n) is 6.18. The summed E-state index contributed by atoms with van der Waals surface area (Å²) in [5, 5.41) is 7.42. The van der Waals surface area contributed by atoms with Crippen LogP contribution in [0, 0.1) is 6.92 Å². The van der Waals surface area contributed by atoms with E-state index in [9.17, 15) is 13.2 Å². The van der Waals surface area contributed by atoms with Gasteiger partial charge in [0.05, 0.1) is 29.8 Å². The predicted octanol–water partition coefficient (Wildman–Crippen LogP) is 1.05. The molecule has 2 unspecified atom stereocenters. The topological polar surface area (TPSA) is 87.5 Å². The standard InChI is InChI=1S/C19H31N5O3S/c1-15-11-18(24(21-15)17-6-10-28(26,27)14-17)20-19(25)13-22-7-4-5-16(12-22)23-8-2-3-9-23/h11,16-17H,2-10,12-14H2,1H3,(H,20,25). The van der Waals surface area contributed by atoms with Gasteiger partial charge in [0.2, 0.25) is 5.91 Å². The van der Waals surface area contributed by atoms with Crippen LogP contribution >= 0.6 is 0 Å². The van der Waals surface area contributed by atoms with Gasteiger partial charge in [-0.3, -0.25) is 14.6 Å². The summed E-state index contributed by atoms with van der Waals surface area (Å²) in [7, 11) is -3.00. The van der Waals surface area contributed by atoms with E-state index in [-0.39, 0.29) is 23.5 Å². The second-order valence-corrected chi connectivity index (χ2v) is 10.7.